The highest BCUT2D eigenvalue weighted by Crippen LogP contribution is 2.35. The molecule has 0 spiro atoms. The van der Waals surface area contributed by atoms with Crippen molar-refractivity contribution in [3.8, 4) is 11.5 Å². The third-order valence-electron chi connectivity index (χ3n) is 4.06. The Morgan fingerprint density at radius 3 is 2.60 bits per heavy atom. The summed E-state index contributed by atoms with van der Waals surface area (Å²) in [6.45, 7) is 4.40. The second-order valence-corrected chi connectivity index (χ2v) is 5.71. The first-order chi connectivity index (χ1) is 9.73. The van der Waals surface area contributed by atoms with Gasteiger partial charge in [-0.2, -0.15) is 12.6 Å². The van der Waals surface area contributed by atoms with E-state index in [0.29, 0.717) is 6.61 Å². The summed E-state index contributed by atoms with van der Waals surface area (Å²) in [5, 5.41) is 0. The molecule has 0 unspecified atom stereocenters. The zero-order valence-electron chi connectivity index (χ0n) is 12.4. The first-order valence-electron chi connectivity index (χ1n) is 7.21. The fourth-order valence-electron chi connectivity index (χ4n) is 2.43. The Labute approximate surface area is 127 Å². The summed E-state index contributed by atoms with van der Waals surface area (Å²) in [5.74, 6) is 2.45. The van der Waals surface area contributed by atoms with E-state index in [1.54, 1.807) is 7.11 Å². The average molecular weight is 296 g/mol. The monoisotopic (exact) mass is 296 g/mol. The van der Waals surface area contributed by atoms with E-state index < -0.39 is 0 Å². The van der Waals surface area contributed by atoms with Gasteiger partial charge in [0.15, 0.2) is 11.5 Å². The van der Waals surface area contributed by atoms with Crippen LogP contribution in [0.3, 0.4) is 0 Å². The molecule has 0 N–H and O–H groups in total. The van der Waals surface area contributed by atoms with Crippen molar-refractivity contribution >= 4 is 12.6 Å². The van der Waals surface area contributed by atoms with Gasteiger partial charge in [0.05, 0.1) is 13.7 Å². The maximum atomic E-state index is 6.03. The lowest BCUT2D eigenvalue weighted by Gasteiger charge is -2.35. The molecule has 4 heteroatoms. The van der Waals surface area contributed by atoms with Gasteiger partial charge in [-0.25, -0.2) is 0 Å². The molecule has 1 aliphatic rings. The molecule has 2 rings (SSSR count). The summed E-state index contributed by atoms with van der Waals surface area (Å²) in [6, 6.07) is 6.14. The second-order valence-electron chi connectivity index (χ2n) is 5.40. The summed E-state index contributed by atoms with van der Waals surface area (Å²) in [6.07, 6.45) is 3.01. The van der Waals surface area contributed by atoms with Crippen molar-refractivity contribution in [2.75, 3.05) is 32.7 Å². The number of hydrogen-bond acceptors (Lipinski definition) is 4. The number of aryl methyl sites for hydroxylation is 1. The molecule has 0 aromatic heterocycles. The molecule has 0 radical (unpaired) electrons. The maximum Gasteiger partial charge on any atom is 0.161 e. The van der Waals surface area contributed by atoms with Crippen LogP contribution in [0.4, 0.5) is 0 Å². The molecule has 1 heterocycles. The molecule has 1 aromatic rings. The van der Waals surface area contributed by atoms with Gasteiger partial charge in [0, 0.05) is 18.6 Å². The van der Waals surface area contributed by atoms with Gasteiger partial charge < -0.3 is 14.2 Å². The van der Waals surface area contributed by atoms with Crippen LogP contribution < -0.4 is 9.47 Å². The third kappa shape index (κ3) is 3.61. The number of rotatable bonds is 6. The van der Waals surface area contributed by atoms with Crippen molar-refractivity contribution in [3.63, 3.8) is 0 Å². The van der Waals surface area contributed by atoms with Crippen molar-refractivity contribution in [2.24, 2.45) is 5.41 Å². The molecule has 1 fully saturated rings. The maximum absolute atomic E-state index is 6.03. The predicted molar refractivity (Wildman–Crippen MR) is 84.2 cm³/mol. The number of thiol groups is 1. The largest absolute Gasteiger partial charge is 0.493 e. The van der Waals surface area contributed by atoms with E-state index in [1.807, 2.05) is 12.1 Å². The quantitative estimate of drug-likeness (QED) is 0.816. The minimum absolute atomic E-state index is 0.121. The second kappa shape index (κ2) is 7.23. The molecule has 0 aliphatic carbocycles. The van der Waals surface area contributed by atoms with E-state index in [-0.39, 0.29) is 5.41 Å². The SMILES string of the molecule is CCc1ccc(OCC2(CS)CCOCC2)c(OC)c1. The van der Waals surface area contributed by atoms with Crippen LogP contribution >= 0.6 is 12.6 Å². The smallest absolute Gasteiger partial charge is 0.161 e. The topological polar surface area (TPSA) is 27.7 Å². The zero-order valence-corrected chi connectivity index (χ0v) is 13.2. The van der Waals surface area contributed by atoms with E-state index in [1.165, 1.54) is 5.56 Å². The van der Waals surface area contributed by atoms with Crippen LogP contribution in [0.25, 0.3) is 0 Å². The lowest BCUT2D eigenvalue weighted by atomic mass is 9.83. The van der Waals surface area contributed by atoms with Gasteiger partial charge in [-0.15, -0.1) is 0 Å². The summed E-state index contributed by atoms with van der Waals surface area (Å²) >= 11 is 4.51. The van der Waals surface area contributed by atoms with Crippen molar-refractivity contribution < 1.29 is 14.2 Å². The van der Waals surface area contributed by atoms with Crippen LogP contribution in [0.15, 0.2) is 18.2 Å². The molecule has 1 saturated heterocycles. The van der Waals surface area contributed by atoms with E-state index in [4.69, 9.17) is 14.2 Å². The van der Waals surface area contributed by atoms with E-state index in [9.17, 15) is 0 Å². The normalized spacial score (nSPS) is 17.8. The molecule has 1 aliphatic heterocycles. The summed E-state index contributed by atoms with van der Waals surface area (Å²) in [7, 11) is 1.68. The lowest BCUT2D eigenvalue weighted by Crippen LogP contribution is -2.36. The van der Waals surface area contributed by atoms with Gasteiger partial charge in [0.1, 0.15) is 0 Å². The van der Waals surface area contributed by atoms with E-state index >= 15 is 0 Å². The van der Waals surface area contributed by atoms with Gasteiger partial charge in [-0.05, 0) is 42.7 Å². The standard InChI is InChI=1S/C16H24O3S/c1-3-13-4-5-14(15(10-13)17-2)19-11-16(12-20)6-8-18-9-7-16/h4-5,10,20H,3,6-9,11-12H2,1-2H3. The number of methoxy groups -OCH3 is 1. The van der Waals surface area contributed by atoms with Crippen LogP contribution in [0.5, 0.6) is 11.5 Å². The molecule has 0 atom stereocenters. The summed E-state index contributed by atoms with van der Waals surface area (Å²) < 4.78 is 16.9. The number of benzene rings is 1. The molecule has 0 bridgehead atoms. The van der Waals surface area contributed by atoms with Gasteiger partial charge in [0.2, 0.25) is 0 Å². The Bertz CT molecular complexity index is 428. The van der Waals surface area contributed by atoms with Gasteiger partial charge in [-0.3, -0.25) is 0 Å². The fraction of sp³-hybridized carbons (Fsp3) is 0.625. The van der Waals surface area contributed by atoms with Crippen LogP contribution in [0, 0.1) is 5.41 Å². The van der Waals surface area contributed by atoms with Gasteiger partial charge in [0.25, 0.3) is 0 Å². The highest BCUT2D eigenvalue weighted by atomic mass is 32.1. The minimum Gasteiger partial charge on any atom is -0.493 e. The highest BCUT2D eigenvalue weighted by Gasteiger charge is 2.32. The first-order valence-corrected chi connectivity index (χ1v) is 7.84. The number of ether oxygens (including phenoxy) is 3. The van der Waals surface area contributed by atoms with Gasteiger partial charge >= 0.3 is 0 Å². The average Bonchev–Trinajstić information content (AvgIpc) is 2.53. The summed E-state index contributed by atoms with van der Waals surface area (Å²) in [4.78, 5) is 0. The van der Waals surface area contributed by atoms with E-state index in [0.717, 1.165) is 49.7 Å². The summed E-state index contributed by atoms with van der Waals surface area (Å²) in [5.41, 5.74) is 1.37. The highest BCUT2D eigenvalue weighted by molar-refractivity contribution is 7.80. The third-order valence-corrected chi connectivity index (χ3v) is 4.73. The van der Waals surface area contributed by atoms with Crippen molar-refractivity contribution in [2.45, 2.75) is 26.2 Å². The molecule has 20 heavy (non-hydrogen) atoms. The van der Waals surface area contributed by atoms with Crippen LogP contribution in [0.2, 0.25) is 0 Å². The van der Waals surface area contributed by atoms with Gasteiger partial charge in [-0.1, -0.05) is 13.0 Å². The number of hydrogen-bond donors (Lipinski definition) is 1. The van der Waals surface area contributed by atoms with Crippen molar-refractivity contribution in [1.82, 2.24) is 0 Å². The molecule has 0 saturated carbocycles. The minimum atomic E-state index is 0.121. The molecule has 112 valence electrons. The lowest BCUT2D eigenvalue weighted by molar-refractivity contribution is 0.00270. The van der Waals surface area contributed by atoms with Crippen LogP contribution in [-0.2, 0) is 11.2 Å². The molecule has 1 aromatic carbocycles. The zero-order chi connectivity index (χ0) is 14.4. The fourth-order valence-corrected chi connectivity index (χ4v) is 2.84. The molecule has 3 nitrogen and oxygen atoms in total. The van der Waals surface area contributed by atoms with Crippen molar-refractivity contribution in [1.29, 1.82) is 0 Å². The Morgan fingerprint density at radius 1 is 1.25 bits per heavy atom. The molecule has 0 amide bonds. The predicted octanol–water partition coefficient (Wildman–Crippen LogP) is 3.36. The van der Waals surface area contributed by atoms with Crippen LogP contribution in [-0.4, -0.2) is 32.7 Å². The molecular weight excluding hydrogens is 272 g/mol. The van der Waals surface area contributed by atoms with E-state index in [2.05, 4.69) is 25.6 Å². The van der Waals surface area contributed by atoms with Crippen LogP contribution in [0.1, 0.15) is 25.3 Å². The first kappa shape index (κ1) is 15.5. The Kier molecular flexibility index (Phi) is 5.61. The Balaban J connectivity index is 2.05. The Morgan fingerprint density at radius 2 is 2.00 bits per heavy atom. The van der Waals surface area contributed by atoms with Crippen molar-refractivity contribution in [3.05, 3.63) is 23.8 Å². The molecular formula is C16H24O3S. The Hall–Kier alpha value is -0.870.